The lowest BCUT2D eigenvalue weighted by atomic mass is 10.3. The van der Waals surface area contributed by atoms with E-state index in [-0.39, 0.29) is 29.9 Å². The van der Waals surface area contributed by atoms with Crippen LogP contribution in [0.3, 0.4) is 0 Å². The highest BCUT2D eigenvalue weighted by atomic mass is 127. The summed E-state index contributed by atoms with van der Waals surface area (Å²) >= 11 is 1.83. The van der Waals surface area contributed by atoms with E-state index in [1.807, 2.05) is 49.0 Å². The van der Waals surface area contributed by atoms with Crippen molar-refractivity contribution in [2.75, 3.05) is 38.2 Å². The highest BCUT2D eigenvalue weighted by Crippen LogP contribution is 1.99. The largest absolute Gasteiger partial charge is 0.356 e. The van der Waals surface area contributed by atoms with E-state index in [4.69, 9.17) is 0 Å². The number of aromatic nitrogens is 3. The number of aryl methyl sites for hydroxylation is 1. The van der Waals surface area contributed by atoms with E-state index < -0.39 is 0 Å². The van der Waals surface area contributed by atoms with E-state index in [2.05, 4.69) is 32.1 Å². The van der Waals surface area contributed by atoms with Gasteiger partial charge in [0, 0.05) is 39.6 Å². The zero-order valence-corrected chi connectivity index (χ0v) is 20.3. The fraction of sp³-hybridized carbons (Fsp3) is 0.765. The molecule has 27 heavy (non-hydrogen) atoms. The molecule has 1 aromatic rings. The first-order chi connectivity index (χ1) is 12.5. The number of amides is 1. The molecule has 1 aromatic heterocycles. The summed E-state index contributed by atoms with van der Waals surface area (Å²) < 4.78 is 1.93. The summed E-state index contributed by atoms with van der Waals surface area (Å²) in [6, 6.07) is 0. The molecular weight excluding hydrogens is 477 g/mol. The highest BCUT2D eigenvalue weighted by molar-refractivity contribution is 14.0. The molecule has 0 aromatic carbocycles. The van der Waals surface area contributed by atoms with Crippen LogP contribution >= 0.6 is 35.7 Å². The molecule has 0 fully saturated rings. The first-order valence-electron chi connectivity index (χ1n) is 9.17. The van der Waals surface area contributed by atoms with Gasteiger partial charge in [0.25, 0.3) is 0 Å². The van der Waals surface area contributed by atoms with Gasteiger partial charge < -0.3 is 20.1 Å². The Kier molecular flexibility index (Phi) is 14.4. The van der Waals surface area contributed by atoms with Gasteiger partial charge in [-0.05, 0) is 39.2 Å². The molecule has 1 amide bonds. The summed E-state index contributed by atoms with van der Waals surface area (Å²) in [6.45, 7) is 9.24. The van der Waals surface area contributed by atoms with Gasteiger partial charge in [-0.1, -0.05) is 0 Å². The van der Waals surface area contributed by atoms with E-state index >= 15 is 0 Å². The van der Waals surface area contributed by atoms with E-state index in [1.165, 1.54) is 0 Å². The number of hydrogen-bond acceptors (Lipinski definition) is 5. The summed E-state index contributed by atoms with van der Waals surface area (Å²) in [7, 11) is 1.93. The van der Waals surface area contributed by atoms with Crippen molar-refractivity contribution < 1.29 is 4.79 Å². The second-order valence-corrected chi connectivity index (χ2v) is 6.89. The van der Waals surface area contributed by atoms with Gasteiger partial charge in [-0.15, -0.1) is 34.2 Å². The molecular formula is C17H34IN7OS. The minimum absolute atomic E-state index is 0. The summed E-state index contributed by atoms with van der Waals surface area (Å²) in [4.78, 5) is 18.5. The maximum absolute atomic E-state index is 12.1. The number of nitrogens with zero attached hydrogens (tertiary/aromatic N) is 5. The summed E-state index contributed by atoms with van der Waals surface area (Å²) in [5.74, 6) is 3.64. The van der Waals surface area contributed by atoms with Crippen LogP contribution in [0.5, 0.6) is 0 Å². The number of rotatable bonds is 11. The lowest BCUT2D eigenvalue weighted by molar-refractivity contribution is -0.130. The van der Waals surface area contributed by atoms with Gasteiger partial charge >= 0.3 is 0 Å². The number of thioether (sulfide) groups is 1. The molecule has 1 heterocycles. The number of guanidine groups is 1. The number of carbonyl (C=O) groups is 1. The standard InChI is InChI=1S/C17H33N7OS.HI/c1-6-24(7-2)16(25)9-11-19-17(18-10-8-12-26-5)20-13-15-22-21-14(3)23(15)4;/h6-13H2,1-5H3,(H2,18,19,20);1H. The molecule has 2 N–H and O–H groups in total. The molecule has 0 aliphatic heterocycles. The Balaban J connectivity index is 0.00000676. The van der Waals surface area contributed by atoms with E-state index in [0.717, 1.165) is 43.5 Å². The zero-order chi connectivity index (χ0) is 19.4. The molecule has 0 atom stereocenters. The Hall–Kier alpha value is -1.04. The Morgan fingerprint density at radius 1 is 1.22 bits per heavy atom. The van der Waals surface area contributed by atoms with Crippen LogP contribution in [0.25, 0.3) is 0 Å². The second-order valence-electron chi connectivity index (χ2n) is 5.90. The van der Waals surface area contributed by atoms with Crippen molar-refractivity contribution in [2.45, 2.75) is 40.2 Å². The molecule has 0 aliphatic rings. The third kappa shape index (κ3) is 9.63. The Morgan fingerprint density at radius 2 is 1.89 bits per heavy atom. The lowest BCUT2D eigenvalue weighted by Crippen LogP contribution is -2.40. The van der Waals surface area contributed by atoms with Gasteiger partial charge in [-0.2, -0.15) is 11.8 Å². The van der Waals surface area contributed by atoms with Crippen molar-refractivity contribution in [1.82, 2.24) is 30.3 Å². The molecule has 0 aliphatic carbocycles. The molecule has 156 valence electrons. The van der Waals surface area contributed by atoms with Crippen LogP contribution in [-0.4, -0.2) is 69.7 Å². The summed E-state index contributed by atoms with van der Waals surface area (Å²) in [6.07, 6.45) is 3.61. The van der Waals surface area contributed by atoms with Crippen LogP contribution in [0.1, 0.15) is 38.3 Å². The predicted octanol–water partition coefficient (Wildman–Crippen LogP) is 1.79. The number of aliphatic imine (C=N–C) groups is 1. The van der Waals surface area contributed by atoms with Gasteiger partial charge in [-0.25, -0.2) is 4.99 Å². The van der Waals surface area contributed by atoms with Crippen molar-refractivity contribution in [3.8, 4) is 0 Å². The highest BCUT2D eigenvalue weighted by Gasteiger charge is 2.10. The van der Waals surface area contributed by atoms with Crippen LogP contribution in [0.2, 0.25) is 0 Å². The third-order valence-corrected chi connectivity index (χ3v) is 4.82. The van der Waals surface area contributed by atoms with Gasteiger partial charge in [0.15, 0.2) is 11.8 Å². The second kappa shape index (κ2) is 14.9. The summed E-state index contributed by atoms with van der Waals surface area (Å²) in [5.41, 5.74) is 0. The molecule has 0 radical (unpaired) electrons. The fourth-order valence-electron chi connectivity index (χ4n) is 2.36. The van der Waals surface area contributed by atoms with E-state index in [1.54, 1.807) is 0 Å². The molecule has 0 saturated carbocycles. The number of carbonyl (C=O) groups excluding carboxylic acids is 1. The van der Waals surface area contributed by atoms with E-state index in [9.17, 15) is 4.79 Å². The molecule has 8 nitrogen and oxygen atoms in total. The first-order valence-corrected chi connectivity index (χ1v) is 10.6. The molecule has 0 bridgehead atoms. The molecule has 10 heteroatoms. The zero-order valence-electron chi connectivity index (χ0n) is 17.1. The predicted molar refractivity (Wildman–Crippen MR) is 124 cm³/mol. The lowest BCUT2D eigenvalue weighted by Gasteiger charge is -2.19. The maximum atomic E-state index is 12.1. The van der Waals surface area contributed by atoms with Crippen molar-refractivity contribution in [2.24, 2.45) is 12.0 Å². The van der Waals surface area contributed by atoms with Crippen molar-refractivity contribution in [3.63, 3.8) is 0 Å². The third-order valence-electron chi connectivity index (χ3n) is 4.13. The topological polar surface area (TPSA) is 87.4 Å². The number of hydrogen-bond donors (Lipinski definition) is 2. The van der Waals surface area contributed by atoms with Crippen LogP contribution in [-0.2, 0) is 18.4 Å². The van der Waals surface area contributed by atoms with E-state index in [0.29, 0.717) is 25.5 Å². The average molecular weight is 511 g/mol. The minimum Gasteiger partial charge on any atom is -0.356 e. The SMILES string of the molecule is CCN(CC)C(=O)CCNC(=NCc1nnc(C)n1C)NCCCSC.I. The molecule has 0 spiro atoms. The Bertz CT molecular complexity index is 576. The maximum Gasteiger partial charge on any atom is 0.224 e. The van der Waals surface area contributed by atoms with Crippen LogP contribution in [0.4, 0.5) is 0 Å². The minimum atomic E-state index is 0. The van der Waals surface area contributed by atoms with Crippen molar-refractivity contribution in [1.29, 1.82) is 0 Å². The van der Waals surface area contributed by atoms with Crippen LogP contribution < -0.4 is 10.6 Å². The van der Waals surface area contributed by atoms with Crippen molar-refractivity contribution >= 4 is 47.6 Å². The molecule has 0 saturated heterocycles. The smallest absolute Gasteiger partial charge is 0.224 e. The van der Waals surface area contributed by atoms with Crippen molar-refractivity contribution in [3.05, 3.63) is 11.6 Å². The van der Waals surface area contributed by atoms with Gasteiger partial charge in [0.05, 0.1) is 0 Å². The van der Waals surface area contributed by atoms with Gasteiger partial charge in [0.2, 0.25) is 5.91 Å². The fourth-order valence-corrected chi connectivity index (χ4v) is 2.79. The first kappa shape index (κ1) is 26.0. The normalized spacial score (nSPS) is 11.1. The number of nitrogens with one attached hydrogen (secondary N) is 2. The number of halogens is 1. The van der Waals surface area contributed by atoms with Gasteiger partial charge in [-0.3, -0.25) is 4.79 Å². The summed E-state index contributed by atoms with van der Waals surface area (Å²) in [5, 5.41) is 14.8. The van der Waals surface area contributed by atoms with Gasteiger partial charge in [0.1, 0.15) is 12.4 Å². The average Bonchev–Trinajstić information content (AvgIpc) is 2.95. The van der Waals surface area contributed by atoms with Crippen LogP contribution in [0.15, 0.2) is 4.99 Å². The quantitative estimate of drug-likeness (QED) is 0.204. The Labute approximate surface area is 184 Å². The van der Waals surface area contributed by atoms with Crippen LogP contribution in [0, 0.1) is 6.92 Å². The Morgan fingerprint density at radius 3 is 2.44 bits per heavy atom. The molecule has 1 rings (SSSR count). The molecule has 0 unspecified atom stereocenters. The monoisotopic (exact) mass is 511 g/mol.